The summed E-state index contributed by atoms with van der Waals surface area (Å²) in [5.41, 5.74) is 0. The minimum atomic E-state index is -1.76. The molecule has 2 heterocycles. The first-order chi connectivity index (χ1) is 26.5. The van der Waals surface area contributed by atoms with Gasteiger partial charge in [-0.3, -0.25) is 33.6 Å². The van der Waals surface area contributed by atoms with Gasteiger partial charge >= 0.3 is 41.8 Å². The molecule has 0 unspecified atom stereocenters. The Morgan fingerprint density at radius 1 is 0.411 bits per heavy atom. The molecule has 0 radical (unpaired) electrons. The van der Waals surface area contributed by atoms with Crippen LogP contribution in [-0.4, -0.2) is 123 Å². The lowest BCUT2D eigenvalue weighted by molar-refractivity contribution is -0.361. The number of rotatable bonds is 23. The third kappa shape index (κ3) is 17.5. The number of esters is 7. The number of carbonyl (C=O) groups excluding carboxylic acids is 7. The Kier molecular flexibility index (Phi) is 21.9. The number of unbranched alkanes of at least 4 members (excludes halogenated alkanes) is 9. The fraction of sp³-hybridized carbons (Fsp3) is 0.816. The van der Waals surface area contributed by atoms with Crippen molar-refractivity contribution in [3.05, 3.63) is 0 Å². The standard InChI is InChI=1S/C38H60O18/c1-9-10-11-12-13-14-15-16-17-18-19-46-37-35(52-27(7)44)34(51-26(6)43)32(30(54-37)21-48-23(3)40)56-38-36(53-28(8)45)33(50-25(5)42)31(49-24(4)41)29(55-38)20-47-22(2)39/h29-38H,9-21H2,1-8H3/t29-,30-,31+,32-,33+,34+,35-,36-,37-,38+/m1/s1. The lowest BCUT2D eigenvalue weighted by atomic mass is 9.96. The fourth-order valence-electron chi connectivity index (χ4n) is 6.40. The van der Waals surface area contributed by atoms with E-state index in [1.807, 2.05) is 0 Å². The zero-order valence-electron chi connectivity index (χ0n) is 33.8. The van der Waals surface area contributed by atoms with Crippen molar-refractivity contribution in [2.24, 2.45) is 0 Å². The summed E-state index contributed by atoms with van der Waals surface area (Å²) in [6.07, 6.45) is -4.18. The molecule has 2 rings (SSSR count). The van der Waals surface area contributed by atoms with E-state index in [0.717, 1.165) is 74.1 Å². The molecule has 0 spiro atoms. The highest BCUT2D eigenvalue weighted by atomic mass is 16.8. The number of ether oxygens (including phenoxy) is 11. The Bertz CT molecular complexity index is 1290. The van der Waals surface area contributed by atoms with Crippen LogP contribution in [0.25, 0.3) is 0 Å². The summed E-state index contributed by atoms with van der Waals surface area (Å²) >= 11 is 0. The molecule has 0 aromatic rings. The summed E-state index contributed by atoms with van der Waals surface area (Å²) in [7, 11) is 0. The first-order valence-electron chi connectivity index (χ1n) is 19.2. The molecule has 2 saturated heterocycles. The van der Waals surface area contributed by atoms with E-state index in [1.165, 1.54) is 32.1 Å². The molecule has 2 aliphatic rings. The van der Waals surface area contributed by atoms with E-state index in [4.69, 9.17) is 52.1 Å². The van der Waals surface area contributed by atoms with Gasteiger partial charge in [0, 0.05) is 55.1 Å². The monoisotopic (exact) mass is 804 g/mol. The van der Waals surface area contributed by atoms with Crippen LogP contribution in [0.5, 0.6) is 0 Å². The molecule has 2 aliphatic heterocycles. The zero-order valence-corrected chi connectivity index (χ0v) is 33.8. The lowest BCUT2D eigenvalue weighted by Crippen LogP contribution is -2.67. The summed E-state index contributed by atoms with van der Waals surface area (Å²) in [6, 6.07) is 0. The summed E-state index contributed by atoms with van der Waals surface area (Å²) in [4.78, 5) is 85.9. The normalized spacial score (nSPS) is 27.3. The molecule has 320 valence electrons. The van der Waals surface area contributed by atoms with Crippen molar-refractivity contribution in [2.45, 2.75) is 181 Å². The molecule has 0 saturated carbocycles. The molecule has 0 N–H and O–H groups in total. The Morgan fingerprint density at radius 3 is 1.21 bits per heavy atom. The molecule has 18 heteroatoms. The minimum Gasteiger partial charge on any atom is -0.463 e. The summed E-state index contributed by atoms with van der Waals surface area (Å²) in [6.45, 7) is 9.01. The molecule has 0 aromatic heterocycles. The molecule has 0 bridgehead atoms. The summed E-state index contributed by atoms with van der Waals surface area (Å²) < 4.78 is 62.9. The predicted molar refractivity (Wildman–Crippen MR) is 191 cm³/mol. The van der Waals surface area contributed by atoms with E-state index in [0.29, 0.717) is 6.42 Å². The van der Waals surface area contributed by atoms with Crippen LogP contribution >= 0.6 is 0 Å². The van der Waals surface area contributed by atoms with Crippen LogP contribution in [0.2, 0.25) is 0 Å². The second-order valence-electron chi connectivity index (χ2n) is 13.7. The predicted octanol–water partition coefficient (Wildman–Crippen LogP) is 3.54. The highest BCUT2D eigenvalue weighted by Crippen LogP contribution is 2.35. The van der Waals surface area contributed by atoms with Gasteiger partial charge in [0.1, 0.15) is 31.5 Å². The maximum atomic E-state index is 12.6. The fourth-order valence-corrected chi connectivity index (χ4v) is 6.40. The molecular formula is C38H60O18. The van der Waals surface area contributed by atoms with Crippen molar-refractivity contribution in [3.63, 3.8) is 0 Å². The van der Waals surface area contributed by atoms with Crippen molar-refractivity contribution in [1.29, 1.82) is 0 Å². The van der Waals surface area contributed by atoms with E-state index in [-0.39, 0.29) is 6.61 Å². The van der Waals surface area contributed by atoms with Crippen LogP contribution in [0.15, 0.2) is 0 Å². The molecule has 18 nitrogen and oxygen atoms in total. The average molecular weight is 805 g/mol. The van der Waals surface area contributed by atoms with Crippen molar-refractivity contribution >= 4 is 41.8 Å². The van der Waals surface area contributed by atoms with Crippen LogP contribution in [0, 0.1) is 0 Å². The zero-order chi connectivity index (χ0) is 41.8. The van der Waals surface area contributed by atoms with Gasteiger partial charge in [-0.1, -0.05) is 64.7 Å². The molecule has 10 atom stereocenters. The Labute approximate surface area is 328 Å². The maximum absolute atomic E-state index is 12.6. The van der Waals surface area contributed by atoms with Gasteiger partial charge in [-0.2, -0.15) is 0 Å². The SMILES string of the molecule is CCCCCCCCCCCCO[C@@H]1O[C@H](COC(C)=O)[C@@H](O[C@@H]2O[C@H](COC(C)=O)[C@H](OC(C)=O)[C@H](OC(C)=O)[C@H]2OC(C)=O)[C@H](OC(C)=O)[C@H]1OC(C)=O. The van der Waals surface area contributed by atoms with Gasteiger partial charge in [-0.15, -0.1) is 0 Å². The van der Waals surface area contributed by atoms with Crippen molar-refractivity contribution in [2.75, 3.05) is 19.8 Å². The van der Waals surface area contributed by atoms with Crippen LogP contribution < -0.4 is 0 Å². The first kappa shape index (κ1) is 48.3. The highest BCUT2D eigenvalue weighted by Gasteiger charge is 2.57. The largest absolute Gasteiger partial charge is 0.463 e. The molecule has 2 fully saturated rings. The van der Waals surface area contributed by atoms with Gasteiger partial charge in [-0.05, 0) is 6.42 Å². The van der Waals surface area contributed by atoms with Crippen LogP contribution in [-0.2, 0) is 85.7 Å². The summed E-state index contributed by atoms with van der Waals surface area (Å²) in [5.74, 6) is -5.65. The van der Waals surface area contributed by atoms with Gasteiger partial charge < -0.3 is 52.1 Å². The van der Waals surface area contributed by atoms with E-state index < -0.39 is 116 Å². The van der Waals surface area contributed by atoms with E-state index in [2.05, 4.69) is 6.92 Å². The van der Waals surface area contributed by atoms with Crippen LogP contribution in [0.1, 0.15) is 120 Å². The van der Waals surface area contributed by atoms with E-state index >= 15 is 0 Å². The Balaban J connectivity index is 2.48. The number of carbonyl (C=O) groups is 7. The average Bonchev–Trinajstić information content (AvgIpc) is 3.09. The molecule has 0 aliphatic carbocycles. The van der Waals surface area contributed by atoms with E-state index in [9.17, 15) is 33.6 Å². The first-order valence-corrected chi connectivity index (χ1v) is 19.2. The van der Waals surface area contributed by atoms with E-state index in [1.54, 1.807) is 0 Å². The van der Waals surface area contributed by atoms with Crippen molar-refractivity contribution < 1.29 is 85.7 Å². The topological polar surface area (TPSA) is 221 Å². The Morgan fingerprint density at radius 2 is 0.768 bits per heavy atom. The Hall–Kier alpha value is -3.87. The maximum Gasteiger partial charge on any atom is 0.303 e. The second kappa shape index (κ2) is 25.4. The highest BCUT2D eigenvalue weighted by molar-refractivity contribution is 5.69. The molecule has 56 heavy (non-hydrogen) atoms. The van der Waals surface area contributed by atoms with Gasteiger partial charge in [0.15, 0.2) is 43.1 Å². The minimum absolute atomic E-state index is 0.178. The van der Waals surface area contributed by atoms with Gasteiger partial charge in [-0.25, -0.2) is 0 Å². The quantitative estimate of drug-likeness (QED) is 0.0819. The van der Waals surface area contributed by atoms with Crippen LogP contribution in [0.4, 0.5) is 0 Å². The number of hydrogen-bond donors (Lipinski definition) is 0. The van der Waals surface area contributed by atoms with Crippen molar-refractivity contribution in [1.82, 2.24) is 0 Å². The number of hydrogen-bond acceptors (Lipinski definition) is 18. The molecular weight excluding hydrogens is 744 g/mol. The summed E-state index contributed by atoms with van der Waals surface area (Å²) in [5, 5.41) is 0. The lowest BCUT2D eigenvalue weighted by Gasteiger charge is -2.48. The van der Waals surface area contributed by atoms with Gasteiger partial charge in [0.25, 0.3) is 0 Å². The molecule has 0 aromatic carbocycles. The third-order valence-electron chi connectivity index (χ3n) is 8.67. The third-order valence-corrected chi connectivity index (χ3v) is 8.67. The van der Waals surface area contributed by atoms with Gasteiger partial charge in [0.05, 0.1) is 0 Å². The van der Waals surface area contributed by atoms with Gasteiger partial charge in [0.2, 0.25) is 0 Å². The van der Waals surface area contributed by atoms with Crippen LogP contribution in [0.3, 0.4) is 0 Å². The smallest absolute Gasteiger partial charge is 0.303 e. The second-order valence-corrected chi connectivity index (χ2v) is 13.7. The molecule has 0 amide bonds. The van der Waals surface area contributed by atoms with Crippen molar-refractivity contribution in [3.8, 4) is 0 Å².